The first kappa shape index (κ1) is 11.0. The van der Waals surface area contributed by atoms with Crippen LogP contribution >= 0.6 is 0 Å². The Morgan fingerprint density at radius 2 is 2.00 bits per heavy atom. The van der Waals surface area contributed by atoms with Crippen LogP contribution < -0.4 is 0 Å². The number of rotatable bonds is 2. The molecule has 0 saturated carbocycles. The predicted octanol–water partition coefficient (Wildman–Crippen LogP) is 3.56. The smallest absolute Gasteiger partial charge is 0.333 e. The molecule has 3 rings (SSSR count). The Bertz CT molecular complexity index is 650. The molecule has 0 amide bonds. The van der Waals surface area contributed by atoms with Gasteiger partial charge in [0.2, 0.25) is 0 Å². The van der Waals surface area contributed by atoms with Crippen molar-refractivity contribution in [3.63, 3.8) is 0 Å². The van der Waals surface area contributed by atoms with Gasteiger partial charge in [0, 0.05) is 17.6 Å². The number of esters is 1. The van der Waals surface area contributed by atoms with Crippen molar-refractivity contribution in [1.82, 2.24) is 0 Å². The van der Waals surface area contributed by atoms with Crippen molar-refractivity contribution in [2.24, 2.45) is 0 Å². The van der Waals surface area contributed by atoms with Crippen molar-refractivity contribution < 1.29 is 9.53 Å². The maximum Gasteiger partial charge on any atom is 0.333 e. The van der Waals surface area contributed by atoms with Gasteiger partial charge in [-0.15, -0.1) is 0 Å². The second-order valence-corrected chi connectivity index (χ2v) is 4.74. The molecule has 0 unspecified atom stereocenters. The summed E-state index contributed by atoms with van der Waals surface area (Å²) in [7, 11) is 0. The van der Waals surface area contributed by atoms with Gasteiger partial charge in [-0.05, 0) is 23.3 Å². The molecule has 2 heteroatoms. The molecule has 0 aromatic heterocycles. The lowest BCUT2D eigenvalue weighted by atomic mass is 10.1. The number of carbonyl (C=O) groups is 1. The second kappa shape index (κ2) is 3.98. The van der Waals surface area contributed by atoms with E-state index < -0.39 is 0 Å². The van der Waals surface area contributed by atoms with Crippen LogP contribution in [0.1, 0.15) is 24.2 Å². The van der Waals surface area contributed by atoms with Crippen molar-refractivity contribution in [2.45, 2.75) is 19.4 Å². The van der Waals surface area contributed by atoms with Gasteiger partial charge < -0.3 is 4.74 Å². The van der Waals surface area contributed by atoms with E-state index in [9.17, 15) is 4.79 Å². The van der Waals surface area contributed by atoms with E-state index in [1.54, 1.807) is 6.92 Å². The molecule has 1 aliphatic carbocycles. The van der Waals surface area contributed by atoms with E-state index in [0.29, 0.717) is 5.57 Å². The molecule has 0 fully saturated rings. The van der Waals surface area contributed by atoms with Crippen molar-refractivity contribution in [1.29, 1.82) is 0 Å². The molecule has 0 N–H and O–H groups in total. The van der Waals surface area contributed by atoms with Crippen LogP contribution in [0.25, 0.3) is 10.8 Å². The van der Waals surface area contributed by atoms with Crippen LogP contribution in [0.3, 0.4) is 0 Å². The van der Waals surface area contributed by atoms with Gasteiger partial charge >= 0.3 is 5.97 Å². The Balaban J connectivity index is 2.03. The Morgan fingerprint density at radius 3 is 2.72 bits per heavy atom. The molecule has 0 bridgehead atoms. The minimum Gasteiger partial charge on any atom is -0.454 e. The second-order valence-electron chi connectivity index (χ2n) is 4.74. The molecular formula is C16H14O2. The van der Waals surface area contributed by atoms with Crippen LogP contribution in [-0.2, 0) is 16.0 Å². The molecule has 2 aromatic rings. The molecule has 0 radical (unpaired) electrons. The van der Waals surface area contributed by atoms with Gasteiger partial charge in [0.15, 0.2) is 0 Å². The third-order valence-corrected chi connectivity index (χ3v) is 3.37. The van der Waals surface area contributed by atoms with E-state index in [4.69, 9.17) is 4.74 Å². The van der Waals surface area contributed by atoms with Gasteiger partial charge in [-0.3, -0.25) is 0 Å². The van der Waals surface area contributed by atoms with Crippen molar-refractivity contribution in [3.8, 4) is 0 Å². The first-order valence-corrected chi connectivity index (χ1v) is 6.04. The van der Waals surface area contributed by atoms with Crippen molar-refractivity contribution in [3.05, 3.63) is 59.7 Å². The van der Waals surface area contributed by atoms with Gasteiger partial charge in [-0.1, -0.05) is 43.0 Å². The standard InChI is InChI=1S/C16H14O2/c1-10(2)16(17)18-14-9-12-7-3-5-11-6-4-8-13(14)15(11)12/h3-8,14H,1,9H2,2H3/t14-/m0/s1. The molecule has 2 aromatic carbocycles. The van der Waals surface area contributed by atoms with E-state index >= 15 is 0 Å². The number of ether oxygens (including phenoxy) is 1. The van der Waals surface area contributed by atoms with Crippen LogP contribution in [0.15, 0.2) is 48.6 Å². The maximum atomic E-state index is 11.6. The minimum atomic E-state index is -0.315. The quantitative estimate of drug-likeness (QED) is 0.590. The van der Waals surface area contributed by atoms with E-state index in [2.05, 4.69) is 24.8 Å². The summed E-state index contributed by atoms with van der Waals surface area (Å²) >= 11 is 0. The lowest BCUT2D eigenvalue weighted by molar-refractivity contribution is -0.144. The van der Waals surface area contributed by atoms with E-state index in [-0.39, 0.29) is 12.1 Å². The van der Waals surface area contributed by atoms with Crippen LogP contribution in [0.2, 0.25) is 0 Å². The third-order valence-electron chi connectivity index (χ3n) is 3.37. The van der Waals surface area contributed by atoms with Crippen molar-refractivity contribution >= 4 is 16.7 Å². The molecule has 1 aliphatic rings. The largest absolute Gasteiger partial charge is 0.454 e. The fourth-order valence-electron chi connectivity index (χ4n) is 2.53. The Morgan fingerprint density at radius 1 is 1.28 bits per heavy atom. The number of hydrogen-bond donors (Lipinski definition) is 0. The SMILES string of the molecule is C=C(C)C(=O)O[C@H]1Cc2cccc3cccc1c23. The number of carbonyl (C=O) groups excluding carboxylic acids is 1. The van der Waals surface area contributed by atoms with Gasteiger partial charge in [-0.25, -0.2) is 4.79 Å². The monoisotopic (exact) mass is 238 g/mol. The van der Waals surface area contributed by atoms with E-state index in [1.165, 1.54) is 16.3 Å². The zero-order valence-corrected chi connectivity index (χ0v) is 10.3. The van der Waals surface area contributed by atoms with E-state index in [1.807, 2.05) is 18.2 Å². The Hall–Kier alpha value is -2.09. The summed E-state index contributed by atoms with van der Waals surface area (Å²) in [6.45, 7) is 5.29. The molecular weight excluding hydrogens is 224 g/mol. The topological polar surface area (TPSA) is 26.3 Å². The predicted molar refractivity (Wildman–Crippen MR) is 71.3 cm³/mol. The molecule has 18 heavy (non-hydrogen) atoms. The van der Waals surface area contributed by atoms with Crippen LogP contribution in [0.5, 0.6) is 0 Å². The summed E-state index contributed by atoms with van der Waals surface area (Å²) in [5.41, 5.74) is 2.80. The molecule has 0 aliphatic heterocycles. The zero-order chi connectivity index (χ0) is 12.7. The normalized spacial score (nSPS) is 16.8. The first-order valence-electron chi connectivity index (χ1n) is 6.04. The summed E-state index contributed by atoms with van der Waals surface area (Å²) in [4.78, 5) is 11.6. The zero-order valence-electron chi connectivity index (χ0n) is 10.3. The van der Waals surface area contributed by atoms with Crippen LogP contribution in [0.4, 0.5) is 0 Å². The Labute approximate surface area is 106 Å². The van der Waals surface area contributed by atoms with Gasteiger partial charge in [-0.2, -0.15) is 0 Å². The minimum absolute atomic E-state index is 0.171. The highest BCUT2D eigenvalue weighted by Crippen LogP contribution is 2.38. The molecule has 0 spiro atoms. The lowest BCUT2D eigenvalue weighted by Gasteiger charge is -2.13. The van der Waals surface area contributed by atoms with Gasteiger partial charge in [0.1, 0.15) is 6.10 Å². The highest BCUT2D eigenvalue weighted by atomic mass is 16.5. The molecule has 2 nitrogen and oxygen atoms in total. The molecule has 90 valence electrons. The fraction of sp³-hybridized carbons (Fsp3) is 0.188. The summed E-state index contributed by atoms with van der Waals surface area (Å²) in [6, 6.07) is 12.4. The molecule has 0 heterocycles. The molecule has 0 saturated heterocycles. The summed E-state index contributed by atoms with van der Waals surface area (Å²) < 4.78 is 5.51. The average Bonchev–Trinajstić information content (AvgIpc) is 2.70. The highest BCUT2D eigenvalue weighted by Gasteiger charge is 2.27. The number of benzene rings is 2. The van der Waals surface area contributed by atoms with Crippen molar-refractivity contribution in [2.75, 3.05) is 0 Å². The fourth-order valence-corrected chi connectivity index (χ4v) is 2.53. The van der Waals surface area contributed by atoms with E-state index in [0.717, 1.165) is 12.0 Å². The van der Waals surface area contributed by atoms with Gasteiger partial charge in [0.05, 0.1) is 0 Å². The van der Waals surface area contributed by atoms with Gasteiger partial charge in [0.25, 0.3) is 0 Å². The maximum absolute atomic E-state index is 11.6. The summed E-state index contributed by atoms with van der Waals surface area (Å²) in [5.74, 6) is -0.315. The third kappa shape index (κ3) is 1.61. The lowest BCUT2D eigenvalue weighted by Crippen LogP contribution is -2.10. The highest BCUT2D eigenvalue weighted by molar-refractivity contribution is 5.92. The first-order chi connectivity index (χ1) is 8.66. The Kier molecular flexibility index (Phi) is 2.44. The summed E-state index contributed by atoms with van der Waals surface area (Å²) in [6.07, 6.45) is 0.589. The number of hydrogen-bond acceptors (Lipinski definition) is 2. The van der Waals surface area contributed by atoms with Crippen LogP contribution in [-0.4, -0.2) is 5.97 Å². The molecule has 1 atom stereocenters. The summed E-state index contributed by atoms with van der Waals surface area (Å²) in [5, 5.41) is 2.44. The average molecular weight is 238 g/mol. The van der Waals surface area contributed by atoms with Crippen LogP contribution in [0, 0.1) is 0 Å².